The molecule has 1 heterocycles. The second-order valence-corrected chi connectivity index (χ2v) is 13.9. The standard InChI is InChI=1S/C37H43N3O6S/c1-26-22-40(27(2)25-41)37(42)21-31-20-32(38-47(43,44)34-17-15-33(45-4)16-18-34)14-19-35(31)46-36(26)24-39(3)23-28-10-12-30(13-11-28)29-8-6-5-7-9-29/h5-20,26-27,36,38,41H,21-25H2,1-4H3/t26-,27+,36-/m0/s1. The fraction of sp³-hybridized carbons (Fsp3) is 0.324. The number of likely N-dealkylation sites (N-methyl/N-ethyl adjacent to an activating group) is 1. The minimum absolute atomic E-state index is 0.000813. The number of hydrogen-bond donors (Lipinski definition) is 2. The minimum atomic E-state index is -3.90. The van der Waals surface area contributed by atoms with Gasteiger partial charge >= 0.3 is 0 Å². The molecule has 1 aliphatic rings. The molecule has 0 aliphatic carbocycles. The summed E-state index contributed by atoms with van der Waals surface area (Å²) < 4.78 is 40.7. The molecule has 0 aromatic heterocycles. The second kappa shape index (κ2) is 15.0. The highest BCUT2D eigenvalue weighted by molar-refractivity contribution is 7.92. The molecule has 2 N–H and O–H groups in total. The van der Waals surface area contributed by atoms with Gasteiger partial charge in [-0.25, -0.2) is 8.42 Å². The molecule has 1 amide bonds. The van der Waals surface area contributed by atoms with Gasteiger partial charge in [-0.1, -0.05) is 61.5 Å². The SMILES string of the molecule is COc1ccc(S(=O)(=O)Nc2ccc3c(c2)CC(=O)N([C@H](C)CO)C[C@H](C)[C@H](CN(C)Cc2ccc(-c4ccccc4)cc2)O3)cc1. The highest BCUT2D eigenvalue weighted by atomic mass is 32.2. The van der Waals surface area contributed by atoms with Crippen molar-refractivity contribution in [3.8, 4) is 22.6 Å². The van der Waals surface area contributed by atoms with Gasteiger partial charge in [0, 0.05) is 36.8 Å². The molecule has 0 fully saturated rings. The number of methoxy groups -OCH3 is 1. The van der Waals surface area contributed by atoms with Gasteiger partial charge in [0.2, 0.25) is 5.91 Å². The summed E-state index contributed by atoms with van der Waals surface area (Å²) >= 11 is 0. The predicted molar refractivity (Wildman–Crippen MR) is 184 cm³/mol. The number of amides is 1. The van der Waals surface area contributed by atoms with E-state index in [9.17, 15) is 18.3 Å². The number of nitrogens with zero attached hydrogens (tertiary/aromatic N) is 2. The number of aliphatic hydroxyl groups excluding tert-OH is 1. The molecule has 248 valence electrons. The van der Waals surface area contributed by atoms with E-state index >= 15 is 0 Å². The molecular formula is C37H43N3O6S. The maximum atomic E-state index is 13.6. The van der Waals surface area contributed by atoms with Crippen molar-refractivity contribution in [1.82, 2.24) is 9.80 Å². The van der Waals surface area contributed by atoms with E-state index in [0.29, 0.717) is 42.4 Å². The number of carbonyl (C=O) groups is 1. The van der Waals surface area contributed by atoms with Crippen LogP contribution in [0.25, 0.3) is 11.1 Å². The molecule has 4 aromatic rings. The Morgan fingerprint density at radius 2 is 1.68 bits per heavy atom. The van der Waals surface area contributed by atoms with Gasteiger partial charge in [0.1, 0.15) is 17.6 Å². The normalized spacial score (nSPS) is 17.6. The molecule has 0 unspecified atom stereocenters. The zero-order valence-electron chi connectivity index (χ0n) is 27.3. The Kier molecular flexibility index (Phi) is 10.9. The molecule has 9 nitrogen and oxygen atoms in total. The van der Waals surface area contributed by atoms with Crippen LogP contribution in [0.2, 0.25) is 0 Å². The van der Waals surface area contributed by atoms with E-state index < -0.39 is 10.0 Å². The number of anilines is 1. The van der Waals surface area contributed by atoms with E-state index in [-0.39, 0.29) is 41.9 Å². The molecule has 0 spiro atoms. The van der Waals surface area contributed by atoms with Crippen LogP contribution in [-0.2, 0) is 27.8 Å². The molecule has 4 aromatic carbocycles. The average molecular weight is 658 g/mol. The van der Waals surface area contributed by atoms with Crippen molar-refractivity contribution >= 4 is 21.6 Å². The van der Waals surface area contributed by atoms with Gasteiger partial charge < -0.3 is 19.5 Å². The Balaban J connectivity index is 1.37. The molecule has 0 radical (unpaired) electrons. The summed E-state index contributed by atoms with van der Waals surface area (Å²) in [6, 6.07) is 29.6. The first-order valence-electron chi connectivity index (χ1n) is 15.8. The summed E-state index contributed by atoms with van der Waals surface area (Å²) in [5.74, 6) is 0.858. The molecule has 0 bridgehead atoms. The largest absolute Gasteiger partial charge is 0.497 e. The lowest BCUT2D eigenvalue weighted by Crippen LogP contribution is -2.47. The molecule has 47 heavy (non-hydrogen) atoms. The lowest BCUT2D eigenvalue weighted by atomic mass is 10.0. The fourth-order valence-electron chi connectivity index (χ4n) is 5.80. The summed E-state index contributed by atoms with van der Waals surface area (Å²) in [6.07, 6.45) is -0.288. The third-order valence-electron chi connectivity index (χ3n) is 8.54. The maximum Gasteiger partial charge on any atom is 0.261 e. The average Bonchev–Trinajstić information content (AvgIpc) is 3.12. The molecule has 1 aliphatic heterocycles. The van der Waals surface area contributed by atoms with Crippen LogP contribution in [0.15, 0.2) is 102 Å². The van der Waals surface area contributed by atoms with Crippen molar-refractivity contribution < 1.29 is 27.8 Å². The number of aliphatic hydroxyl groups is 1. The highest BCUT2D eigenvalue weighted by Gasteiger charge is 2.31. The van der Waals surface area contributed by atoms with E-state index in [1.165, 1.54) is 30.4 Å². The van der Waals surface area contributed by atoms with Crippen LogP contribution in [0.1, 0.15) is 25.0 Å². The smallest absolute Gasteiger partial charge is 0.261 e. The van der Waals surface area contributed by atoms with Crippen LogP contribution in [0.4, 0.5) is 5.69 Å². The molecular weight excluding hydrogens is 614 g/mol. The van der Waals surface area contributed by atoms with Gasteiger partial charge in [0.15, 0.2) is 0 Å². The predicted octanol–water partition coefficient (Wildman–Crippen LogP) is 5.44. The lowest BCUT2D eigenvalue weighted by molar-refractivity contribution is -0.134. The van der Waals surface area contributed by atoms with Crippen molar-refractivity contribution in [2.75, 3.05) is 38.6 Å². The van der Waals surface area contributed by atoms with E-state index in [4.69, 9.17) is 9.47 Å². The number of sulfonamides is 1. The van der Waals surface area contributed by atoms with E-state index in [1.54, 1.807) is 35.2 Å². The van der Waals surface area contributed by atoms with Crippen molar-refractivity contribution in [3.63, 3.8) is 0 Å². The number of carbonyl (C=O) groups excluding carboxylic acids is 1. The second-order valence-electron chi connectivity index (χ2n) is 12.3. The quantitative estimate of drug-likeness (QED) is 0.221. The number of fused-ring (bicyclic) bond motifs is 1. The number of hydrogen-bond acceptors (Lipinski definition) is 7. The third kappa shape index (κ3) is 8.51. The Morgan fingerprint density at radius 1 is 1.00 bits per heavy atom. The van der Waals surface area contributed by atoms with Crippen LogP contribution >= 0.6 is 0 Å². The number of nitrogens with one attached hydrogen (secondary N) is 1. The van der Waals surface area contributed by atoms with Crippen LogP contribution in [0, 0.1) is 5.92 Å². The van der Waals surface area contributed by atoms with Gasteiger partial charge in [0.25, 0.3) is 10.0 Å². The van der Waals surface area contributed by atoms with E-state index in [2.05, 4.69) is 52.9 Å². The monoisotopic (exact) mass is 657 g/mol. The molecule has 10 heteroatoms. The first-order valence-corrected chi connectivity index (χ1v) is 17.2. The first kappa shape index (κ1) is 34.0. The van der Waals surface area contributed by atoms with Gasteiger partial charge in [0.05, 0.1) is 31.1 Å². The topological polar surface area (TPSA) is 108 Å². The summed E-state index contributed by atoms with van der Waals surface area (Å²) in [5.41, 5.74) is 4.39. The molecule has 5 rings (SSSR count). The van der Waals surface area contributed by atoms with Crippen LogP contribution in [0.3, 0.4) is 0 Å². The van der Waals surface area contributed by atoms with Gasteiger partial charge in [-0.15, -0.1) is 0 Å². The Bertz CT molecular complexity index is 1750. The third-order valence-corrected chi connectivity index (χ3v) is 9.94. The summed E-state index contributed by atoms with van der Waals surface area (Å²) in [4.78, 5) is 17.6. The Morgan fingerprint density at radius 3 is 2.34 bits per heavy atom. The number of rotatable bonds is 11. The van der Waals surface area contributed by atoms with Crippen LogP contribution < -0.4 is 14.2 Å². The Labute approximate surface area is 277 Å². The summed E-state index contributed by atoms with van der Waals surface area (Å²) in [6.45, 7) is 5.41. The Hall–Kier alpha value is -4.38. The van der Waals surface area contributed by atoms with Crippen molar-refractivity contribution in [3.05, 3.63) is 108 Å². The van der Waals surface area contributed by atoms with Crippen molar-refractivity contribution in [2.24, 2.45) is 5.92 Å². The minimum Gasteiger partial charge on any atom is -0.497 e. The van der Waals surface area contributed by atoms with Crippen LogP contribution in [-0.4, -0.2) is 75.2 Å². The fourth-order valence-corrected chi connectivity index (χ4v) is 6.85. The van der Waals surface area contributed by atoms with Crippen LogP contribution in [0.5, 0.6) is 11.5 Å². The molecule has 3 atom stereocenters. The van der Waals surface area contributed by atoms with E-state index in [1.807, 2.05) is 32.2 Å². The molecule has 0 saturated carbocycles. The zero-order chi connectivity index (χ0) is 33.6. The molecule has 0 saturated heterocycles. The van der Waals surface area contributed by atoms with Crippen molar-refractivity contribution in [1.29, 1.82) is 0 Å². The lowest BCUT2D eigenvalue weighted by Gasteiger charge is -2.34. The summed E-state index contributed by atoms with van der Waals surface area (Å²) in [5, 5.41) is 9.98. The number of benzene rings is 4. The zero-order valence-corrected chi connectivity index (χ0v) is 28.1. The van der Waals surface area contributed by atoms with Gasteiger partial charge in [-0.3, -0.25) is 14.4 Å². The van der Waals surface area contributed by atoms with Gasteiger partial charge in [-0.05, 0) is 73.1 Å². The van der Waals surface area contributed by atoms with E-state index in [0.717, 1.165) is 5.56 Å². The number of ether oxygens (including phenoxy) is 2. The first-order chi connectivity index (χ1) is 22.6. The highest BCUT2D eigenvalue weighted by Crippen LogP contribution is 2.30. The maximum absolute atomic E-state index is 13.6. The van der Waals surface area contributed by atoms with Crippen molar-refractivity contribution in [2.45, 2.75) is 43.9 Å². The van der Waals surface area contributed by atoms with Gasteiger partial charge in [-0.2, -0.15) is 0 Å². The summed E-state index contributed by atoms with van der Waals surface area (Å²) in [7, 11) is -0.333.